The molecule has 3 aromatic rings. The molecule has 7 heteroatoms. The van der Waals surface area contributed by atoms with Gasteiger partial charge in [-0.25, -0.2) is 4.63 Å². The third-order valence-electron chi connectivity index (χ3n) is 3.78. The lowest BCUT2D eigenvalue weighted by molar-refractivity contribution is -0.118. The first-order valence-corrected chi connectivity index (χ1v) is 8.93. The van der Waals surface area contributed by atoms with Crippen LogP contribution in [0.2, 0.25) is 0 Å². The maximum atomic E-state index is 12.1. The lowest BCUT2D eigenvalue weighted by atomic mass is 10.0. The molecule has 1 amide bonds. The maximum Gasteiger partial charge on any atom is 0.263 e. The second-order valence-corrected chi connectivity index (χ2v) is 6.94. The Morgan fingerprint density at radius 1 is 1.12 bits per heavy atom. The first-order valence-electron chi connectivity index (χ1n) is 8.14. The van der Waals surface area contributed by atoms with Gasteiger partial charge in [0.2, 0.25) is 5.82 Å². The highest BCUT2D eigenvalue weighted by Gasteiger charge is 2.15. The van der Waals surface area contributed by atoms with E-state index in [1.165, 1.54) is 5.56 Å². The Bertz CT molecular complexity index is 874. The molecule has 1 heterocycles. The van der Waals surface area contributed by atoms with Crippen molar-refractivity contribution in [2.75, 3.05) is 11.9 Å². The van der Waals surface area contributed by atoms with Gasteiger partial charge in [-0.05, 0) is 46.1 Å². The Morgan fingerprint density at radius 2 is 1.81 bits per heavy atom. The van der Waals surface area contributed by atoms with Crippen LogP contribution in [0.15, 0.2) is 57.6 Å². The van der Waals surface area contributed by atoms with Gasteiger partial charge in [0.1, 0.15) is 5.75 Å². The van der Waals surface area contributed by atoms with Gasteiger partial charge < -0.3 is 10.1 Å². The summed E-state index contributed by atoms with van der Waals surface area (Å²) in [4.78, 5) is 12.1. The highest BCUT2D eigenvalue weighted by Crippen LogP contribution is 2.25. The molecule has 1 aromatic heterocycles. The normalized spacial score (nSPS) is 10.8. The maximum absolute atomic E-state index is 12.1. The molecule has 0 aliphatic heterocycles. The van der Waals surface area contributed by atoms with Gasteiger partial charge in [-0.2, -0.15) is 0 Å². The number of benzene rings is 2. The number of nitrogens with one attached hydrogen (secondary N) is 1. The number of aromatic nitrogens is 2. The van der Waals surface area contributed by atoms with Crippen LogP contribution in [-0.4, -0.2) is 22.8 Å². The van der Waals surface area contributed by atoms with Crippen LogP contribution >= 0.6 is 15.9 Å². The summed E-state index contributed by atoms with van der Waals surface area (Å²) in [6.07, 6.45) is 0. The van der Waals surface area contributed by atoms with Crippen molar-refractivity contribution in [2.45, 2.75) is 19.8 Å². The zero-order valence-corrected chi connectivity index (χ0v) is 16.0. The lowest BCUT2D eigenvalue weighted by Crippen LogP contribution is -2.20. The average molecular weight is 416 g/mol. The number of carbonyl (C=O) groups excluding carboxylic acids is 1. The predicted octanol–water partition coefficient (Wildman–Crippen LogP) is 4.64. The summed E-state index contributed by atoms with van der Waals surface area (Å²) in [5.74, 6) is 1.00. The fourth-order valence-corrected chi connectivity index (χ4v) is 2.60. The van der Waals surface area contributed by atoms with Crippen LogP contribution in [0.3, 0.4) is 0 Å². The van der Waals surface area contributed by atoms with Crippen LogP contribution in [0.25, 0.3) is 11.3 Å². The van der Waals surface area contributed by atoms with Crippen LogP contribution in [0, 0.1) is 0 Å². The van der Waals surface area contributed by atoms with Gasteiger partial charge in [-0.3, -0.25) is 4.79 Å². The molecular formula is C19H18BrN3O3. The molecule has 0 spiro atoms. The third-order valence-corrected chi connectivity index (χ3v) is 4.31. The van der Waals surface area contributed by atoms with E-state index in [0.29, 0.717) is 17.4 Å². The van der Waals surface area contributed by atoms with Crippen molar-refractivity contribution >= 4 is 27.7 Å². The predicted molar refractivity (Wildman–Crippen MR) is 102 cm³/mol. The van der Waals surface area contributed by atoms with Gasteiger partial charge in [0, 0.05) is 10.0 Å². The summed E-state index contributed by atoms with van der Waals surface area (Å²) >= 11 is 3.38. The van der Waals surface area contributed by atoms with Gasteiger partial charge in [0.15, 0.2) is 12.3 Å². The van der Waals surface area contributed by atoms with E-state index in [1.54, 1.807) is 0 Å². The molecule has 0 aliphatic carbocycles. The Labute approximate surface area is 159 Å². The van der Waals surface area contributed by atoms with E-state index in [0.717, 1.165) is 10.0 Å². The Hall–Kier alpha value is -2.67. The number of rotatable bonds is 6. The number of ether oxygens (including phenoxy) is 1. The van der Waals surface area contributed by atoms with Crippen LogP contribution in [0.4, 0.5) is 5.82 Å². The summed E-state index contributed by atoms with van der Waals surface area (Å²) in [5, 5.41) is 10.3. The van der Waals surface area contributed by atoms with Crippen LogP contribution in [-0.2, 0) is 4.79 Å². The minimum absolute atomic E-state index is 0.131. The standard InChI is InChI=1S/C19H18BrN3O3/c1-12(2)13-5-9-16(10-6-13)25-11-17(24)21-19-18(22-26-23-19)14-3-7-15(20)8-4-14/h3-10,12H,11H2,1-2H3,(H,21,23,24). The second kappa shape index (κ2) is 8.14. The number of carbonyl (C=O) groups is 1. The number of hydrogen-bond donors (Lipinski definition) is 1. The van der Waals surface area contributed by atoms with Gasteiger partial charge in [-0.1, -0.05) is 54.0 Å². The minimum atomic E-state index is -0.341. The Balaban J connectivity index is 1.60. The molecule has 0 fully saturated rings. The molecule has 1 N–H and O–H groups in total. The quantitative estimate of drug-likeness (QED) is 0.634. The molecule has 0 bridgehead atoms. The molecular weight excluding hydrogens is 398 g/mol. The van der Waals surface area contributed by atoms with Crippen molar-refractivity contribution in [1.82, 2.24) is 10.3 Å². The van der Waals surface area contributed by atoms with Crippen molar-refractivity contribution in [2.24, 2.45) is 0 Å². The van der Waals surface area contributed by atoms with E-state index in [4.69, 9.17) is 9.37 Å². The second-order valence-electron chi connectivity index (χ2n) is 6.03. The number of halogens is 1. The molecule has 0 unspecified atom stereocenters. The number of nitrogens with zero attached hydrogens (tertiary/aromatic N) is 2. The van der Waals surface area contributed by atoms with E-state index in [-0.39, 0.29) is 18.3 Å². The highest BCUT2D eigenvalue weighted by molar-refractivity contribution is 9.10. The average Bonchev–Trinajstić information content (AvgIpc) is 3.09. The van der Waals surface area contributed by atoms with Crippen molar-refractivity contribution in [3.63, 3.8) is 0 Å². The number of anilines is 1. The Kier molecular flexibility index (Phi) is 5.68. The van der Waals surface area contributed by atoms with Gasteiger partial charge in [-0.15, -0.1) is 0 Å². The van der Waals surface area contributed by atoms with Crippen molar-refractivity contribution in [3.8, 4) is 17.0 Å². The van der Waals surface area contributed by atoms with Crippen LogP contribution in [0.5, 0.6) is 5.75 Å². The van der Waals surface area contributed by atoms with Crippen molar-refractivity contribution in [1.29, 1.82) is 0 Å². The molecule has 0 saturated heterocycles. The van der Waals surface area contributed by atoms with E-state index < -0.39 is 0 Å². The summed E-state index contributed by atoms with van der Waals surface area (Å²) in [6, 6.07) is 15.1. The third kappa shape index (κ3) is 4.49. The van der Waals surface area contributed by atoms with Crippen molar-refractivity contribution < 1.29 is 14.2 Å². The highest BCUT2D eigenvalue weighted by atomic mass is 79.9. The van der Waals surface area contributed by atoms with Gasteiger partial charge in [0.05, 0.1) is 0 Å². The summed E-state index contributed by atoms with van der Waals surface area (Å²) in [7, 11) is 0. The van der Waals surface area contributed by atoms with E-state index in [2.05, 4.69) is 45.4 Å². The van der Waals surface area contributed by atoms with Gasteiger partial charge in [0.25, 0.3) is 5.91 Å². The molecule has 134 valence electrons. The number of hydrogen-bond acceptors (Lipinski definition) is 5. The zero-order chi connectivity index (χ0) is 18.5. The summed E-state index contributed by atoms with van der Waals surface area (Å²) in [6.45, 7) is 4.12. The molecule has 2 aromatic carbocycles. The van der Waals surface area contributed by atoms with E-state index in [9.17, 15) is 4.79 Å². The van der Waals surface area contributed by atoms with E-state index in [1.807, 2.05) is 48.5 Å². The van der Waals surface area contributed by atoms with Crippen LogP contribution < -0.4 is 10.1 Å². The SMILES string of the molecule is CC(C)c1ccc(OCC(=O)Nc2nonc2-c2ccc(Br)cc2)cc1. The monoisotopic (exact) mass is 415 g/mol. The number of amides is 1. The molecule has 6 nitrogen and oxygen atoms in total. The van der Waals surface area contributed by atoms with Crippen LogP contribution in [0.1, 0.15) is 25.3 Å². The van der Waals surface area contributed by atoms with Crippen molar-refractivity contribution in [3.05, 3.63) is 58.6 Å². The summed E-state index contributed by atoms with van der Waals surface area (Å²) in [5.41, 5.74) is 2.47. The molecule has 26 heavy (non-hydrogen) atoms. The molecule has 0 radical (unpaired) electrons. The molecule has 3 rings (SSSR count). The first kappa shape index (κ1) is 18.1. The smallest absolute Gasteiger partial charge is 0.263 e. The van der Waals surface area contributed by atoms with Gasteiger partial charge >= 0.3 is 0 Å². The largest absolute Gasteiger partial charge is 0.484 e. The molecule has 0 aliphatic rings. The topological polar surface area (TPSA) is 77.2 Å². The minimum Gasteiger partial charge on any atom is -0.484 e. The first-order chi connectivity index (χ1) is 12.5. The zero-order valence-electron chi connectivity index (χ0n) is 14.4. The summed E-state index contributed by atoms with van der Waals surface area (Å²) < 4.78 is 11.2. The fraction of sp³-hybridized carbons (Fsp3) is 0.211. The fourth-order valence-electron chi connectivity index (χ4n) is 2.33. The molecule has 0 atom stereocenters. The Morgan fingerprint density at radius 3 is 2.46 bits per heavy atom. The molecule has 0 saturated carbocycles. The van der Waals surface area contributed by atoms with E-state index >= 15 is 0 Å². The lowest BCUT2D eigenvalue weighted by Gasteiger charge is -2.09.